The standard InChI is InChI=1S/C16H28N2O4/c1-10(2)15(16(21)22)18-14(20)9-8-13(19)17-12-7-5-4-6-11(12)3/h10-12,15H,4-9H2,1-3H3,(H,17,19)(H,18,20)(H,21,22). The topological polar surface area (TPSA) is 95.5 Å². The molecular formula is C16H28N2O4. The van der Waals surface area contributed by atoms with Crippen molar-refractivity contribution in [2.45, 2.75) is 71.4 Å². The molecule has 0 spiro atoms. The van der Waals surface area contributed by atoms with Crippen molar-refractivity contribution in [1.29, 1.82) is 0 Å². The Kier molecular flexibility index (Phi) is 7.35. The Morgan fingerprint density at radius 3 is 2.23 bits per heavy atom. The van der Waals surface area contributed by atoms with Gasteiger partial charge in [-0.1, -0.05) is 33.6 Å². The van der Waals surface area contributed by atoms with Crippen LogP contribution < -0.4 is 10.6 Å². The summed E-state index contributed by atoms with van der Waals surface area (Å²) in [5, 5.41) is 14.5. The summed E-state index contributed by atoms with van der Waals surface area (Å²) in [7, 11) is 0. The highest BCUT2D eigenvalue weighted by molar-refractivity contribution is 5.87. The van der Waals surface area contributed by atoms with Crippen molar-refractivity contribution in [2.24, 2.45) is 11.8 Å². The van der Waals surface area contributed by atoms with Gasteiger partial charge in [0.15, 0.2) is 0 Å². The van der Waals surface area contributed by atoms with Crippen molar-refractivity contribution in [3.8, 4) is 0 Å². The number of carboxylic acids is 1. The minimum Gasteiger partial charge on any atom is -0.480 e. The molecule has 0 saturated heterocycles. The Balaban J connectivity index is 2.33. The van der Waals surface area contributed by atoms with Crippen molar-refractivity contribution in [1.82, 2.24) is 10.6 Å². The minimum absolute atomic E-state index is 0.0173. The van der Waals surface area contributed by atoms with Gasteiger partial charge in [0, 0.05) is 18.9 Å². The lowest BCUT2D eigenvalue weighted by Crippen LogP contribution is -2.45. The Morgan fingerprint density at radius 1 is 1.09 bits per heavy atom. The molecule has 3 atom stereocenters. The summed E-state index contributed by atoms with van der Waals surface area (Å²) >= 11 is 0. The lowest BCUT2D eigenvalue weighted by atomic mass is 9.86. The molecule has 3 N–H and O–H groups in total. The highest BCUT2D eigenvalue weighted by Crippen LogP contribution is 2.23. The molecule has 1 fully saturated rings. The average molecular weight is 312 g/mol. The van der Waals surface area contributed by atoms with E-state index in [1.807, 2.05) is 0 Å². The lowest BCUT2D eigenvalue weighted by molar-refractivity contribution is -0.143. The summed E-state index contributed by atoms with van der Waals surface area (Å²) in [6.45, 7) is 5.60. The third kappa shape index (κ3) is 6.03. The molecule has 1 saturated carbocycles. The largest absolute Gasteiger partial charge is 0.480 e. The third-order valence-electron chi connectivity index (χ3n) is 4.29. The predicted molar refractivity (Wildman–Crippen MR) is 83.2 cm³/mol. The van der Waals surface area contributed by atoms with Gasteiger partial charge in [-0.2, -0.15) is 0 Å². The van der Waals surface area contributed by atoms with Gasteiger partial charge in [-0.15, -0.1) is 0 Å². The Hall–Kier alpha value is -1.59. The molecule has 0 radical (unpaired) electrons. The normalized spacial score (nSPS) is 22.9. The quantitative estimate of drug-likeness (QED) is 0.666. The van der Waals surface area contributed by atoms with Gasteiger partial charge in [0.05, 0.1) is 0 Å². The summed E-state index contributed by atoms with van der Waals surface area (Å²) in [5.41, 5.74) is 0. The van der Waals surface area contributed by atoms with E-state index in [0.29, 0.717) is 5.92 Å². The first kappa shape index (κ1) is 18.5. The molecule has 0 aliphatic heterocycles. The lowest BCUT2D eigenvalue weighted by Gasteiger charge is -2.29. The molecule has 1 rings (SSSR count). The number of aliphatic carboxylic acids is 1. The van der Waals surface area contributed by atoms with Crippen molar-refractivity contribution in [2.75, 3.05) is 0 Å². The number of carbonyl (C=O) groups excluding carboxylic acids is 2. The zero-order valence-corrected chi connectivity index (χ0v) is 13.7. The Labute approximate surface area is 132 Å². The summed E-state index contributed by atoms with van der Waals surface area (Å²) in [5.74, 6) is -1.30. The third-order valence-corrected chi connectivity index (χ3v) is 4.29. The first-order valence-electron chi connectivity index (χ1n) is 8.12. The van der Waals surface area contributed by atoms with E-state index in [2.05, 4.69) is 17.6 Å². The van der Waals surface area contributed by atoms with Gasteiger partial charge in [0.1, 0.15) is 6.04 Å². The van der Waals surface area contributed by atoms with Crippen LogP contribution in [0.4, 0.5) is 0 Å². The van der Waals surface area contributed by atoms with E-state index in [0.717, 1.165) is 19.3 Å². The number of hydrogen-bond acceptors (Lipinski definition) is 3. The van der Waals surface area contributed by atoms with Crippen LogP contribution in [-0.4, -0.2) is 35.0 Å². The van der Waals surface area contributed by atoms with Crippen LogP contribution in [0.1, 0.15) is 59.3 Å². The monoisotopic (exact) mass is 312 g/mol. The van der Waals surface area contributed by atoms with Gasteiger partial charge in [0.2, 0.25) is 11.8 Å². The zero-order chi connectivity index (χ0) is 16.7. The van der Waals surface area contributed by atoms with Crippen LogP contribution in [0.2, 0.25) is 0 Å². The smallest absolute Gasteiger partial charge is 0.326 e. The average Bonchev–Trinajstić information content (AvgIpc) is 2.44. The number of hydrogen-bond donors (Lipinski definition) is 3. The first-order valence-corrected chi connectivity index (χ1v) is 8.12. The number of carbonyl (C=O) groups is 3. The van der Waals surface area contributed by atoms with Crippen LogP contribution in [0.15, 0.2) is 0 Å². The maximum absolute atomic E-state index is 11.9. The van der Waals surface area contributed by atoms with Gasteiger partial charge >= 0.3 is 5.97 Å². The Morgan fingerprint density at radius 2 is 1.68 bits per heavy atom. The van der Waals surface area contributed by atoms with E-state index in [1.54, 1.807) is 13.8 Å². The second kappa shape index (κ2) is 8.76. The summed E-state index contributed by atoms with van der Waals surface area (Å²) in [4.78, 5) is 34.7. The summed E-state index contributed by atoms with van der Waals surface area (Å²) in [6, 6.07) is -0.708. The van der Waals surface area contributed by atoms with E-state index in [4.69, 9.17) is 5.11 Å². The number of amides is 2. The molecule has 22 heavy (non-hydrogen) atoms. The zero-order valence-electron chi connectivity index (χ0n) is 13.7. The first-order chi connectivity index (χ1) is 10.3. The van der Waals surface area contributed by atoms with Gasteiger partial charge in [-0.3, -0.25) is 9.59 Å². The molecular weight excluding hydrogens is 284 g/mol. The minimum atomic E-state index is -1.05. The molecule has 6 nitrogen and oxygen atoms in total. The molecule has 2 amide bonds. The van der Waals surface area contributed by atoms with Crippen LogP contribution in [0, 0.1) is 11.8 Å². The van der Waals surface area contributed by atoms with Gasteiger partial charge in [-0.25, -0.2) is 4.79 Å². The number of rotatable bonds is 7. The van der Waals surface area contributed by atoms with Crippen LogP contribution in [-0.2, 0) is 14.4 Å². The molecule has 0 aromatic carbocycles. The van der Waals surface area contributed by atoms with Gasteiger partial charge in [0.25, 0.3) is 0 Å². The molecule has 0 heterocycles. The van der Waals surface area contributed by atoms with E-state index >= 15 is 0 Å². The maximum atomic E-state index is 11.9. The maximum Gasteiger partial charge on any atom is 0.326 e. The molecule has 126 valence electrons. The molecule has 0 aromatic heterocycles. The van der Waals surface area contributed by atoms with Crippen molar-refractivity contribution in [3.63, 3.8) is 0 Å². The fourth-order valence-corrected chi connectivity index (χ4v) is 2.80. The van der Waals surface area contributed by atoms with Gasteiger partial charge in [-0.05, 0) is 24.7 Å². The SMILES string of the molecule is CC(C)C(NC(=O)CCC(=O)NC1CCCCC1C)C(=O)O. The van der Waals surface area contributed by atoms with E-state index in [1.165, 1.54) is 6.42 Å². The van der Waals surface area contributed by atoms with Crippen LogP contribution in [0.25, 0.3) is 0 Å². The molecule has 0 aromatic rings. The van der Waals surface area contributed by atoms with E-state index in [-0.39, 0.29) is 30.7 Å². The molecule has 0 bridgehead atoms. The number of carboxylic acid groups (broad SMARTS) is 1. The molecule has 1 aliphatic rings. The van der Waals surface area contributed by atoms with E-state index < -0.39 is 17.9 Å². The van der Waals surface area contributed by atoms with Crippen LogP contribution >= 0.6 is 0 Å². The fraction of sp³-hybridized carbons (Fsp3) is 0.812. The second-order valence-corrected chi connectivity index (χ2v) is 6.56. The fourth-order valence-electron chi connectivity index (χ4n) is 2.80. The second-order valence-electron chi connectivity index (χ2n) is 6.56. The summed E-state index contributed by atoms with van der Waals surface area (Å²) < 4.78 is 0. The van der Waals surface area contributed by atoms with Crippen LogP contribution in [0.3, 0.4) is 0 Å². The summed E-state index contributed by atoms with van der Waals surface area (Å²) in [6.07, 6.45) is 4.57. The predicted octanol–water partition coefficient (Wildman–Crippen LogP) is 1.69. The number of nitrogens with one attached hydrogen (secondary N) is 2. The molecule has 3 unspecified atom stereocenters. The van der Waals surface area contributed by atoms with Crippen molar-refractivity contribution in [3.05, 3.63) is 0 Å². The molecule has 6 heteroatoms. The van der Waals surface area contributed by atoms with E-state index in [9.17, 15) is 14.4 Å². The van der Waals surface area contributed by atoms with Crippen molar-refractivity contribution < 1.29 is 19.5 Å². The molecule has 1 aliphatic carbocycles. The highest BCUT2D eigenvalue weighted by atomic mass is 16.4. The highest BCUT2D eigenvalue weighted by Gasteiger charge is 2.25. The van der Waals surface area contributed by atoms with Crippen LogP contribution in [0.5, 0.6) is 0 Å². The van der Waals surface area contributed by atoms with Crippen molar-refractivity contribution >= 4 is 17.8 Å². The van der Waals surface area contributed by atoms with Gasteiger partial charge < -0.3 is 15.7 Å². The Bertz CT molecular complexity index is 409.